The van der Waals surface area contributed by atoms with Gasteiger partial charge in [0.2, 0.25) is 10.0 Å². The number of benzene rings is 2. The molecule has 0 amide bonds. The average Bonchev–Trinajstić information content (AvgIpc) is 2.68. The van der Waals surface area contributed by atoms with Gasteiger partial charge in [-0.1, -0.05) is 23.7 Å². The van der Waals surface area contributed by atoms with Crippen molar-refractivity contribution in [2.24, 2.45) is 5.14 Å². The zero-order valence-corrected chi connectivity index (χ0v) is 17.2. The van der Waals surface area contributed by atoms with Gasteiger partial charge in [0, 0.05) is 30.1 Å². The number of primary sulfonamides is 1. The Balaban J connectivity index is 1.61. The molecular weight excluding hydrogens is 414 g/mol. The van der Waals surface area contributed by atoms with Crippen LogP contribution in [0.15, 0.2) is 47.4 Å². The van der Waals surface area contributed by atoms with Crippen LogP contribution in [0.25, 0.3) is 0 Å². The standard InChI is InChI=1S/C20H22ClN3O4S/c21-16-3-8-20-15(10-16)11-23-13-24(20)17(12-25)4-5-18(26)9-14-1-6-19(7-2-14)29(22,27)28/h1-3,6-8,10,12,17,23H,4-5,9,11,13H2,(H2,22,27,28). The third-order valence-electron chi connectivity index (χ3n) is 4.88. The van der Waals surface area contributed by atoms with E-state index in [0.717, 1.165) is 17.5 Å². The first kappa shape index (κ1) is 21.4. The van der Waals surface area contributed by atoms with Crippen LogP contribution in [0.2, 0.25) is 5.02 Å². The van der Waals surface area contributed by atoms with Gasteiger partial charge in [0.25, 0.3) is 0 Å². The molecule has 0 radical (unpaired) electrons. The SMILES string of the molecule is NS(=O)(=O)c1ccc(CC(=O)CCC(C=O)N2CNCc3cc(Cl)ccc32)cc1. The fourth-order valence-corrected chi connectivity index (χ4v) is 4.10. The number of ketones is 1. The van der Waals surface area contributed by atoms with Crippen LogP contribution in [0.3, 0.4) is 0 Å². The predicted molar refractivity (Wildman–Crippen MR) is 111 cm³/mol. The molecule has 0 bridgehead atoms. The van der Waals surface area contributed by atoms with E-state index in [1.54, 1.807) is 18.2 Å². The normalized spacial score (nSPS) is 14.9. The number of nitrogens with two attached hydrogens (primary N) is 1. The lowest BCUT2D eigenvalue weighted by Crippen LogP contribution is -2.46. The zero-order chi connectivity index (χ0) is 21.0. The summed E-state index contributed by atoms with van der Waals surface area (Å²) >= 11 is 6.05. The van der Waals surface area contributed by atoms with Gasteiger partial charge < -0.3 is 9.69 Å². The first-order chi connectivity index (χ1) is 13.8. The molecule has 1 heterocycles. The maximum absolute atomic E-state index is 12.4. The molecule has 1 aliphatic rings. The number of carbonyl (C=O) groups excluding carboxylic acids is 2. The van der Waals surface area contributed by atoms with Crippen LogP contribution in [-0.4, -0.2) is 33.2 Å². The topological polar surface area (TPSA) is 110 Å². The highest BCUT2D eigenvalue weighted by atomic mass is 35.5. The van der Waals surface area contributed by atoms with Crippen LogP contribution < -0.4 is 15.4 Å². The number of anilines is 1. The molecule has 154 valence electrons. The summed E-state index contributed by atoms with van der Waals surface area (Å²) in [6.45, 7) is 1.19. The summed E-state index contributed by atoms with van der Waals surface area (Å²) in [5.74, 6) is -0.0264. The number of hydrogen-bond donors (Lipinski definition) is 2. The molecule has 7 nitrogen and oxygen atoms in total. The van der Waals surface area contributed by atoms with Crippen LogP contribution in [0.4, 0.5) is 5.69 Å². The fraction of sp³-hybridized carbons (Fsp3) is 0.300. The largest absolute Gasteiger partial charge is 0.349 e. The van der Waals surface area contributed by atoms with Crippen LogP contribution in [0, 0.1) is 0 Å². The molecule has 0 aromatic heterocycles. The van der Waals surface area contributed by atoms with Crippen molar-refractivity contribution in [3.8, 4) is 0 Å². The van der Waals surface area contributed by atoms with Gasteiger partial charge in [-0.05, 0) is 47.9 Å². The van der Waals surface area contributed by atoms with Crippen molar-refractivity contribution in [3.63, 3.8) is 0 Å². The maximum atomic E-state index is 12.4. The molecule has 2 aromatic rings. The molecule has 3 N–H and O–H groups in total. The minimum absolute atomic E-state index is 0.00563. The van der Waals surface area contributed by atoms with E-state index in [0.29, 0.717) is 30.2 Å². The highest BCUT2D eigenvalue weighted by molar-refractivity contribution is 7.89. The van der Waals surface area contributed by atoms with Gasteiger partial charge >= 0.3 is 0 Å². The smallest absolute Gasteiger partial charge is 0.238 e. The highest BCUT2D eigenvalue weighted by Gasteiger charge is 2.24. The van der Waals surface area contributed by atoms with Crippen molar-refractivity contribution >= 4 is 39.4 Å². The van der Waals surface area contributed by atoms with E-state index in [1.165, 1.54) is 12.1 Å². The monoisotopic (exact) mass is 435 g/mol. The summed E-state index contributed by atoms with van der Waals surface area (Å²) in [5.41, 5.74) is 2.65. The van der Waals surface area contributed by atoms with E-state index in [-0.39, 0.29) is 23.5 Å². The summed E-state index contributed by atoms with van der Waals surface area (Å²) in [7, 11) is -3.76. The maximum Gasteiger partial charge on any atom is 0.238 e. The highest BCUT2D eigenvalue weighted by Crippen LogP contribution is 2.28. The lowest BCUT2D eigenvalue weighted by molar-refractivity contribution is -0.118. The number of Topliss-reactive ketones (excluding diaryl/α,β-unsaturated/α-hetero) is 1. The average molecular weight is 436 g/mol. The Hall–Kier alpha value is -2.26. The summed E-state index contributed by atoms with van der Waals surface area (Å²) in [6.07, 6.45) is 1.65. The minimum atomic E-state index is -3.76. The summed E-state index contributed by atoms with van der Waals surface area (Å²) < 4.78 is 22.6. The Morgan fingerprint density at radius 3 is 2.62 bits per heavy atom. The molecule has 0 spiro atoms. The molecule has 2 aromatic carbocycles. The first-order valence-electron chi connectivity index (χ1n) is 9.12. The molecular formula is C20H22ClN3O4S. The number of carbonyl (C=O) groups is 2. The summed E-state index contributed by atoms with van der Waals surface area (Å²) in [4.78, 5) is 26.0. The van der Waals surface area contributed by atoms with E-state index in [9.17, 15) is 18.0 Å². The Bertz CT molecular complexity index is 1010. The van der Waals surface area contributed by atoms with Crippen molar-refractivity contribution in [1.82, 2.24) is 5.32 Å². The Morgan fingerprint density at radius 2 is 1.97 bits per heavy atom. The third kappa shape index (κ3) is 5.42. The van der Waals surface area contributed by atoms with Crippen LogP contribution in [-0.2, 0) is 32.6 Å². The quantitative estimate of drug-likeness (QED) is 0.614. The fourth-order valence-electron chi connectivity index (χ4n) is 3.39. The van der Waals surface area contributed by atoms with Gasteiger partial charge in [0.1, 0.15) is 12.1 Å². The zero-order valence-electron chi connectivity index (χ0n) is 15.7. The lowest BCUT2D eigenvalue weighted by Gasteiger charge is -2.36. The van der Waals surface area contributed by atoms with Gasteiger partial charge in [-0.25, -0.2) is 13.6 Å². The van der Waals surface area contributed by atoms with Gasteiger partial charge in [0.15, 0.2) is 0 Å². The predicted octanol–water partition coefficient (Wildman–Crippen LogP) is 2.01. The van der Waals surface area contributed by atoms with Gasteiger partial charge in [0.05, 0.1) is 17.6 Å². The van der Waals surface area contributed by atoms with Gasteiger partial charge in [-0.2, -0.15) is 0 Å². The number of fused-ring (bicyclic) bond motifs is 1. The third-order valence-corrected chi connectivity index (χ3v) is 6.04. The van der Waals surface area contributed by atoms with Crippen molar-refractivity contribution in [2.75, 3.05) is 11.6 Å². The van der Waals surface area contributed by atoms with E-state index in [4.69, 9.17) is 16.7 Å². The number of sulfonamides is 1. The van der Waals surface area contributed by atoms with E-state index in [1.807, 2.05) is 17.0 Å². The lowest BCUT2D eigenvalue weighted by atomic mass is 10.0. The van der Waals surface area contributed by atoms with E-state index >= 15 is 0 Å². The molecule has 1 unspecified atom stereocenters. The number of halogens is 1. The molecule has 9 heteroatoms. The first-order valence-corrected chi connectivity index (χ1v) is 11.0. The van der Waals surface area contributed by atoms with Crippen LogP contribution >= 0.6 is 11.6 Å². The van der Waals surface area contributed by atoms with Crippen molar-refractivity contribution < 1.29 is 18.0 Å². The number of rotatable bonds is 8. The summed E-state index contributed by atoms with van der Waals surface area (Å²) in [5, 5.41) is 8.95. The molecule has 0 aliphatic carbocycles. The number of aldehydes is 1. The molecule has 0 saturated heterocycles. The second-order valence-corrected chi connectivity index (χ2v) is 8.97. The Morgan fingerprint density at radius 1 is 1.24 bits per heavy atom. The molecule has 1 aliphatic heterocycles. The molecule has 1 atom stereocenters. The Kier molecular flexibility index (Phi) is 6.69. The van der Waals surface area contributed by atoms with Crippen molar-refractivity contribution in [1.29, 1.82) is 0 Å². The number of hydrogen-bond acceptors (Lipinski definition) is 6. The van der Waals surface area contributed by atoms with Crippen molar-refractivity contribution in [2.45, 2.75) is 36.7 Å². The number of nitrogens with zero attached hydrogens (tertiary/aromatic N) is 1. The van der Waals surface area contributed by atoms with Crippen LogP contribution in [0.5, 0.6) is 0 Å². The molecule has 29 heavy (non-hydrogen) atoms. The van der Waals surface area contributed by atoms with Gasteiger partial charge in [-0.15, -0.1) is 0 Å². The molecule has 0 saturated carbocycles. The molecule has 3 rings (SSSR count). The van der Waals surface area contributed by atoms with Crippen molar-refractivity contribution in [3.05, 3.63) is 58.6 Å². The second-order valence-electron chi connectivity index (χ2n) is 6.97. The van der Waals surface area contributed by atoms with E-state index < -0.39 is 16.1 Å². The minimum Gasteiger partial charge on any atom is -0.349 e. The molecule has 0 fully saturated rings. The summed E-state index contributed by atoms with van der Waals surface area (Å²) in [6, 6.07) is 11.0. The second kappa shape index (κ2) is 9.04. The van der Waals surface area contributed by atoms with Gasteiger partial charge in [-0.3, -0.25) is 10.1 Å². The Labute approximate surface area is 174 Å². The van der Waals surface area contributed by atoms with E-state index in [2.05, 4.69) is 5.32 Å². The number of nitrogens with one attached hydrogen (secondary N) is 1. The van der Waals surface area contributed by atoms with Crippen LogP contribution in [0.1, 0.15) is 24.0 Å².